The van der Waals surface area contributed by atoms with E-state index in [0.717, 1.165) is 17.7 Å². The lowest BCUT2D eigenvalue weighted by atomic mass is 10.3. The van der Waals surface area contributed by atoms with E-state index in [1.54, 1.807) is 17.1 Å². The monoisotopic (exact) mass is 332 g/mol. The van der Waals surface area contributed by atoms with E-state index >= 15 is 0 Å². The van der Waals surface area contributed by atoms with Crippen LogP contribution in [0.1, 0.15) is 5.56 Å². The summed E-state index contributed by atoms with van der Waals surface area (Å²) in [7, 11) is -3.86. The number of aromatic nitrogens is 2. The smallest absolute Gasteiger partial charge is 0.242 e. The van der Waals surface area contributed by atoms with E-state index in [4.69, 9.17) is 17.3 Å². The third-order valence-corrected chi connectivity index (χ3v) is 4.66. The fourth-order valence-corrected chi connectivity index (χ4v) is 3.28. The van der Waals surface area contributed by atoms with Crippen molar-refractivity contribution in [3.63, 3.8) is 0 Å². The molecule has 0 bridgehead atoms. The van der Waals surface area contributed by atoms with Crippen molar-refractivity contribution < 1.29 is 12.8 Å². The third-order valence-electron chi connectivity index (χ3n) is 2.74. The average Bonchev–Trinajstić information content (AvgIpc) is 2.79. The van der Waals surface area contributed by atoms with Crippen molar-refractivity contribution in [2.75, 3.05) is 12.3 Å². The summed E-state index contributed by atoms with van der Waals surface area (Å²) in [6, 6.07) is 1.88. The maximum absolute atomic E-state index is 13.2. The maximum Gasteiger partial charge on any atom is 0.242 e. The van der Waals surface area contributed by atoms with Crippen molar-refractivity contribution in [3.8, 4) is 0 Å². The zero-order chi connectivity index (χ0) is 15.6. The van der Waals surface area contributed by atoms with Crippen LogP contribution in [-0.2, 0) is 16.6 Å². The normalized spacial score (nSPS) is 11.8. The summed E-state index contributed by atoms with van der Waals surface area (Å²) < 4.78 is 41.4. The average molecular weight is 333 g/mol. The number of nitrogens with two attached hydrogens (primary N) is 1. The first-order valence-electron chi connectivity index (χ1n) is 6.03. The third kappa shape index (κ3) is 3.72. The van der Waals surface area contributed by atoms with Crippen LogP contribution in [0.5, 0.6) is 0 Å². The molecule has 0 atom stereocenters. The predicted molar refractivity (Wildman–Crippen MR) is 78.0 cm³/mol. The molecule has 21 heavy (non-hydrogen) atoms. The second-order valence-electron chi connectivity index (χ2n) is 4.48. The van der Waals surface area contributed by atoms with Gasteiger partial charge in [0.15, 0.2) is 0 Å². The SMILES string of the molecule is Cc1cnn(CCNS(=O)(=O)c2cc(N)c(F)cc2Cl)c1. The van der Waals surface area contributed by atoms with Gasteiger partial charge in [-0.05, 0) is 24.6 Å². The molecular formula is C12H14ClFN4O2S. The number of benzene rings is 1. The van der Waals surface area contributed by atoms with Crippen molar-refractivity contribution in [3.05, 3.63) is 40.9 Å². The summed E-state index contributed by atoms with van der Waals surface area (Å²) in [6.45, 7) is 2.37. The molecule has 2 aromatic rings. The Morgan fingerprint density at radius 3 is 2.81 bits per heavy atom. The molecule has 0 radical (unpaired) electrons. The Morgan fingerprint density at radius 2 is 2.19 bits per heavy atom. The summed E-state index contributed by atoms with van der Waals surface area (Å²) in [5.41, 5.74) is 6.07. The zero-order valence-electron chi connectivity index (χ0n) is 11.2. The topological polar surface area (TPSA) is 90.0 Å². The lowest BCUT2D eigenvalue weighted by Crippen LogP contribution is -2.28. The van der Waals surface area contributed by atoms with Gasteiger partial charge in [-0.3, -0.25) is 4.68 Å². The Bertz CT molecular complexity index is 761. The predicted octanol–water partition coefficient (Wildman–Crippen LogP) is 1.54. The van der Waals surface area contributed by atoms with Gasteiger partial charge in [0.05, 0.1) is 23.5 Å². The summed E-state index contributed by atoms with van der Waals surface area (Å²) in [6.07, 6.45) is 3.46. The van der Waals surface area contributed by atoms with Crippen LogP contribution in [0.2, 0.25) is 5.02 Å². The van der Waals surface area contributed by atoms with Crippen LogP contribution in [0.15, 0.2) is 29.4 Å². The highest BCUT2D eigenvalue weighted by molar-refractivity contribution is 7.89. The fourth-order valence-electron chi connectivity index (χ4n) is 1.71. The highest BCUT2D eigenvalue weighted by atomic mass is 35.5. The second kappa shape index (κ2) is 6.00. The highest BCUT2D eigenvalue weighted by Crippen LogP contribution is 2.26. The Balaban J connectivity index is 2.10. The number of hydrogen-bond donors (Lipinski definition) is 2. The van der Waals surface area contributed by atoms with Gasteiger partial charge in [0.25, 0.3) is 0 Å². The second-order valence-corrected chi connectivity index (χ2v) is 6.63. The van der Waals surface area contributed by atoms with E-state index in [2.05, 4.69) is 9.82 Å². The molecule has 6 nitrogen and oxygen atoms in total. The van der Waals surface area contributed by atoms with Gasteiger partial charge < -0.3 is 5.73 Å². The van der Waals surface area contributed by atoms with Crippen LogP contribution in [0, 0.1) is 12.7 Å². The number of nitrogens with one attached hydrogen (secondary N) is 1. The van der Waals surface area contributed by atoms with Crippen LogP contribution < -0.4 is 10.5 Å². The van der Waals surface area contributed by atoms with Crippen LogP contribution >= 0.6 is 11.6 Å². The number of anilines is 1. The minimum atomic E-state index is -3.86. The number of nitrogen functional groups attached to an aromatic ring is 1. The highest BCUT2D eigenvalue weighted by Gasteiger charge is 2.19. The van der Waals surface area contributed by atoms with E-state index in [1.165, 1.54) is 0 Å². The van der Waals surface area contributed by atoms with Crippen LogP contribution in [0.3, 0.4) is 0 Å². The summed E-state index contributed by atoms with van der Waals surface area (Å²) >= 11 is 5.75. The molecule has 3 N–H and O–H groups in total. The zero-order valence-corrected chi connectivity index (χ0v) is 12.7. The van der Waals surface area contributed by atoms with Crippen LogP contribution in [0.4, 0.5) is 10.1 Å². The molecule has 1 heterocycles. The van der Waals surface area contributed by atoms with Gasteiger partial charge in [0.1, 0.15) is 10.7 Å². The number of halogens is 2. The first-order chi connectivity index (χ1) is 9.79. The number of hydrogen-bond acceptors (Lipinski definition) is 4. The molecule has 0 spiro atoms. The number of rotatable bonds is 5. The molecule has 9 heteroatoms. The molecule has 0 aliphatic rings. The van der Waals surface area contributed by atoms with Crippen molar-refractivity contribution in [1.29, 1.82) is 0 Å². The van der Waals surface area contributed by atoms with Crippen LogP contribution in [-0.4, -0.2) is 24.7 Å². The standard InChI is InChI=1S/C12H14ClFN4O2S/c1-8-6-16-18(7-8)3-2-17-21(19,20)12-5-11(15)10(14)4-9(12)13/h4-7,17H,2-3,15H2,1H3. The maximum atomic E-state index is 13.2. The van der Waals surface area contributed by atoms with Gasteiger partial charge in [-0.2, -0.15) is 5.10 Å². The van der Waals surface area contributed by atoms with Crippen molar-refractivity contribution in [1.82, 2.24) is 14.5 Å². The summed E-state index contributed by atoms with van der Waals surface area (Å²) in [4.78, 5) is -0.250. The molecule has 2 rings (SSSR count). The molecule has 0 aliphatic heterocycles. The molecule has 0 unspecified atom stereocenters. The first-order valence-corrected chi connectivity index (χ1v) is 7.89. The molecule has 0 saturated heterocycles. The summed E-state index contributed by atoms with van der Waals surface area (Å²) in [5, 5.41) is 3.82. The number of nitrogens with zero attached hydrogens (tertiary/aromatic N) is 2. The minimum absolute atomic E-state index is 0.122. The minimum Gasteiger partial charge on any atom is -0.396 e. The molecule has 0 amide bonds. The number of sulfonamides is 1. The van der Waals surface area contributed by atoms with Crippen LogP contribution in [0.25, 0.3) is 0 Å². The van der Waals surface area contributed by atoms with Gasteiger partial charge in [-0.15, -0.1) is 0 Å². The number of aryl methyl sites for hydroxylation is 1. The Labute approximate surface area is 126 Å². The first kappa shape index (κ1) is 15.7. The van der Waals surface area contributed by atoms with Gasteiger partial charge in [-0.1, -0.05) is 11.6 Å². The Hall–Kier alpha value is -1.64. The Morgan fingerprint density at radius 1 is 1.48 bits per heavy atom. The molecule has 1 aromatic carbocycles. The lowest BCUT2D eigenvalue weighted by Gasteiger charge is -2.09. The van der Waals surface area contributed by atoms with E-state index < -0.39 is 15.8 Å². The van der Waals surface area contributed by atoms with Gasteiger partial charge >= 0.3 is 0 Å². The summed E-state index contributed by atoms with van der Waals surface area (Å²) in [5.74, 6) is -0.758. The molecular weight excluding hydrogens is 319 g/mol. The molecule has 0 fully saturated rings. The van der Waals surface area contributed by atoms with Gasteiger partial charge in [0.2, 0.25) is 10.0 Å². The molecule has 0 saturated carbocycles. The van der Waals surface area contributed by atoms with E-state index in [1.807, 2.05) is 6.92 Å². The van der Waals surface area contributed by atoms with E-state index in [9.17, 15) is 12.8 Å². The Kier molecular flexibility index (Phi) is 4.50. The quantitative estimate of drug-likeness (QED) is 0.813. The van der Waals surface area contributed by atoms with Crippen molar-refractivity contribution in [2.45, 2.75) is 18.4 Å². The molecule has 1 aromatic heterocycles. The lowest BCUT2D eigenvalue weighted by molar-refractivity contribution is 0.560. The van der Waals surface area contributed by atoms with Gasteiger partial charge in [0, 0.05) is 12.7 Å². The van der Waals surface area contributed by atoms with E-state index in [0.29, 0.717) is 6.54 Å². The van der Waals surface area contributed by atoms with Gasteiger partial charge in [-0.25, -0.2) is 17.5 Å². The van der Waals surface area contributed by atoms with E-state index in [-0.39, 0.29) is 22.2 Å². The fraction of sp³-hybridized carbons (Fsp3) is 0.250. The largest absolute Gasteiger partial charge is 0.396 e. The molecule has 0 aliphatic carbocycles. The van der Waals surface area contributed by atoms with Crippen molar-refractivity contribution >= 4 is 27.3 Å². The van der Waals surface area contributed by atoms with Crippen molar-refractivity contribution in [2.24, 2.45) is 0 Å². The molecule has 114 valence electrons.